The molecule has 0 aliphatic rings. The molecule has 96 valence electrons. The van der Waals surface area contributed by atoms with Crippen molar-refractivity contribution in [1.82, 2.24) is 10.3 Å². The molecule has 1 heterocycles. The smallest absolute Gasteiger partial charge is 0.194 e. The highest BCUT2D eigenvalue weighted by Gasteiger charge is 2.11. The van der Waals surface area contributed by atoms with Crippen molar-refractivity contribution < 1.29 is 8.81 Å². The maximum absolute atomic E-state index is 13.7. The molecule has 2 rings (SSSR count). The third-order valence-corrected chi connectivity index (χ3v) is 3.06. The highest BCUT2D eigenvalue weighted by atomic mass is 79.9. The standard InChI is InChI=1S/C13H14BrFN2O/c1-16-6-2-3-13-17-8-12(18-13)10-5-4-9(14)7-11(10)15/h4-5,7-8,16H,2-3,6H2,1H3. The Hall–Kier alpha value is -1.20. The van der Waals surface area contributed by atoms with Crippen LogP contribution in [0.4, 0.5) is 4.39 Å². The second-order valence-corrected chi connectivity index (χ2v) is 4.87. The average molecular weight is 313 g/mol. The molecule has 0 radical (unpaired) electrons. The van der Waals surface area contributed by atoms with E-state index in [0.29, 0.717) is 21.7 Å². The van der Waals surface area contributed by atoms with Gasteiger partial charge in [0.1, 0.15) is 5.82 Å². The van der Waals surface area contributed by atoms with E-state index < -0.39 is 0 Å². The SMILES string of the molecule is CNCCCc1ncc(-c2ccc(Br)cc2F)o1. The Balaban J connectivity index is 2.13. The van der Waals surface area contributed by atoms with E-state index in [1.165, 1.54) is 6.07 Å². The minimum Gasteiger partial charge on any atom is -0.441 e. The number of benzene rings is 1. The van der Waals surface area contributed by atoms with Gasteiger partial charge in [-0.2, -0.15) is 0 Å². The normalized spacial score (nSPS) is 10.8. The number of aromatic nitrogens is 1. The second kappa shape index (κ2) is 6.11. The zero-order chi connectivity index (χ0) is 13.0. The zero-order valence-corrected chi connectivity index (χ0v) is 11.6. The lowest BCUT2D eigenvalue weighted by atomic mass is 10.2. The van der Waals surface area contributed by atoms with Gasteiger partial charge in [-0.05, 0) is 38.2 Å². The minimum atomic E-state index is -0.317. The van der Waals surface area contributed by atoms with Gasteiger partial charge in [0.15, 0.2) is 11.7 Å². The minimum absolute atomic E-state index is 0.317. The van der Waals surface area contributed by atoms with E-state index in [9.17, 15) is 4.39 Å². The van der Waals surface area contributed by atoms with E-state index >= 15 is 0 Å². The molecule has 0 amide bonds. The van der Waals surface area contributed by atoms with Crippen LogP contribution < -0.4 is 5.32 Å². The predicted octanol–water partition coefficient (Wildman–Crippen LogP) is 3.40. The molecule has 0 unspecified atom stereocenters. The first kappa shape index (κ1) is 13.2. The summed E-state index contributed by atoms with van der Waals surface area (Å²) in [5, 5.41) is 3.06. The van der Waals surface area contributed by atoms with Gasteiger partial charge < -0.3 is 9.73 Å². The fraction of sp³-hybridized carbons (Fsp3) is 0.308. The van der Waals surface area contributed by atoms with E-state index in [4.69, 9.17) is 4.42 Å². The summed E-state index contributed by atoms with van der Waals surface area (Å²) in [6.45, 7) is 0.907. The Labute approximate surface area is 114 Å². The Kier molecular flexibility index (Phi) is 4.49. The van der Waals surface area contributed by atoms with Crippen LogP contribution in [-0.4, -0.2) is 18.6 Å². The maximum atomic E-state index is 13.7. The molecule has 5 heteroatoms. The third-order valence-electron chi connectivity index (χ3n) is 2.57. The van der Waals surface area contributed by atoms with Crippen molar-refractivity contribution in [2.75, 3.05) is 13.6 Å². The van der Waals surface area contributed by atoms with E-state index in [0.717, 1.165) is 19.4 Å². The molecule has 3 nitrogen and oxygen atoms in total. The molecule has 1 N–H and O–H groups in total. The molecule has 2 aromatic rings. The summed E-state index contributed by atoms with van der Waals surface area (Å²) in [6, 6.07) is 4.87. The Bertz CT molecular complexity index is 527. The molecule has 0 spiro atoms. The molecule has 0 atom stereocenters. The van der Waals surface area contributed by atoms with Gasteiger partial charge in [0, 0.05) is 10.9 Å². The Morgan fingerprint density at radius 1 is 1.44 bits per heavy atom. The van der Waals surface area contributed by atoms with Crippen LogP contribution in [-0.2, 0) is 6.42 Å². The zero-order valence-electron chi connectivity index (χ0n) is 10.0. The Morgan fingerprint density at radius 3 is 3.00 bits per heavy atom. The summed E-state index contributed by atoms with van der Waals surface area (Å²) >= 11 is 3.22. The number of nitrogens with zero attached hydrogens (tertiary/aromatic N) is 1. The second-order valence-electron chi connectivity index (χ2n) is 3.95. The number of halogens is 2. The molecule has 1 aromatic heterocycles. The van der Waals surface area contributed by atoms with Crippen LogP contribution in [0.5, 0.6) is 0 Å². The fourth-order valence-electron chi connectivity index (χ4n) is 1.66. The van der Waals surface area contributed by atoms with Crippen molar-refractivity contribution in [1.29, 1.82) is 0 Å². The summed E-state index contributed by atoms with van der Waals surface area (Å²) in [5.74, 6) is 0.796. The molecule has 18 heavy (non-hydrogen) atoms. The number of aryl methyl sites for hydroxylation is 1. The van der Waals surface area contributed by atoms with E-state index in [1.807, 2.05) is 7.05 Å². The van der Waals surface area contributed by atoms with Gasteiger partial charge in [0.05, 0.1) is 11.8 Å². The van der Waals surface area contributed by atoms with E-state index in [2.05, 4.69) is 26.2 Å². The summed E-state index contributed by atoms with van der Waals surface area (Å²) in [6.07, 6.45) is 3.26. The topological polar surface area (TPSA) is 38.1 Å². The maximum Gasteiger partial charge on any atom is 0.194 e. The van der Waals surface area contributed by atoms with Crippen LogP contribution in [0.15, 0.2) is 33.3 Å². The monoisotopic (exact) mass is 312 g/mol. The van der Waals surface area contributed by atoms with Crippen LogP contribution >= 0.6 is 15.9 Å². The molecule has 1 aromatic carbocycles. The third kappa shape index (κ3) is 3.17. The first-order valence-electron chi connectivity index (χ1n) is 5.75. The number of nitrogens with one attached hydrogen (secondary N) is 1. The van der Waals surface area contributed by atoms with Crippen LogP contribution in [0.2, 0.25) is 0 Å². The van der Waals surface area contributed by atoms with Crippen molar-refractivity contribution >= 4 is 15.9 Å². The van der Waals surface area contributed by atoms with Gasteiger partial charge in [-0.15, -0.1) is 0 Å². The quantitative estimate of drug-likeness (QED) is 0.860. The van der Waals surface area contributed by atoms with E-state index in [1.54, 1.807) is 18.3 Å². The van der Waals surface area contributed by atoms with Gasteiger partial charge in [0.25, 0.3) is 0 Å². The Morgan fingerprint density at radius 2 is 2.28 bits per heavy atom. The molecular formula is C13H14BrFN2O. The number of oxazole rings is 1. The molecule has 0 aliphatic carbocycles. The van der Waals surface area contributed by atoms with Crippen LogP contribution in [0.25, 0.3) is 11.3 Å². The summed E-state index contributed by atoms with van der Waals surface area (Å²) in [5.41, 5.74) is 0.436. The van der Waals surface area contributed by atoms with Gasteiger partial charge in [-0.25, -0.2) is 9.37 Å². The van der Waals surface area contributed by atoms with Gasteiger partial charge in [-0.1, -0.05) is 15.9 Å². The largest absolute Gasteiger partial charge is 0.441 e. The van der Waals surface area contributed by atoms with Crippen molar-refractivity contribution in [2.24, 2.45) is 0 Å². The molecule has 0 aliphatic heterocycles. The summed E-state index contributed by atoms with van der Waals surface area (Å²) in [7, 11) is 1.90. The number of hydrogen-bond acceptors (Lipinski definition) is 3. The van der Waals surface area contributed by atoms with Gasteiger partial charge >= 0.3 is 0 Å². The molecular weight excluding hydrogens is 299 g/mol. The van der Waals surface area contributed by atoms with Crippen LogP contribution in [0.1, 0.15) is 12.3 Å². The summed E-state index contributed by atoms with van der Waals surface area (Å²) < 4.78 is 20.0. The summed E-state index contributed by atoms with van der Waals surface area (Å²) in [4.78, 5) is 4.16. The van der Waals surface area contributed by atoms with Crippen LogP contribution in [0, 0.1) is 5.82 Å². The predicted molar refractivity (Wildman–Crippen MR) is 71.8 cm³/mol. The van der Waals surface area contributed by atoms with Crippen molar-refractivity contribution in [3.8, 4) is 11.3 Å². The molecule has 0 bridgehead atoms. The van der Waals surface area contributed by atoms with Gasteiger partial charge in [-0.3, -0.25) is 0 Å². The lowest BCUT2D eigenvalue weighted by molar-refractivity contribution is 0.492. The lowest BCUT2D eigenvalue weighted by Gasteiger charge is -1.99. The fourth-order valence-corrected chi connectivity index (χ4v) is 1.99. The lowest BCUT2D eigenvalue weighted by Crippen LogP contribution is -2.08. The van der Waals surface area contributed by atoms with Crippen molar-refractivity contribution in [3.05, 3.63) is 40.6 Å². The van der Waals surface area contributed by atoms with Crippen molar-refractivity contribution in [2.45, 2.75) is 12.8 Å². The molecule has 0 saturated carbocycles. The average Bonchev–Trinajstić information content (AvgIpc) is 2.78. The number of hydrogen-bond donors (Lipinski definition) is 1. The number of rotatable bonds is 5. The highest BCUT2D eigenvalue weighted by Crippen LogP contribution is 2.26. The van der Waals surface area contributed by atoms with E-state index in [-0.39, 0.29) is 5.82 Å². The first-order valence-corrected chi connectivity index (χ1v) is 6.54. The van der Waals surface area contributed by atoms with Gasteiger partial charge in [0.2, 0.25) is 0 Å². The first-order chi connectivity index (χ1) is 8.70. The highest BCUT2D eigenvalue weighted by molar-refractivity contribution is 9.10. The molecule has 0 fully saturated rings. The molecule has 0 saturated heterocycles. The van der Waals surface area contributed by atoms with Crippen molar-refractivity contribution in [3.63, 3.8) is 0 Å². The van der Waals surface area contributed by atoms with Crippen LogP contribution in [0.3, 0.4) is 0 Å².